The predicted octanol–water partition coefficient (Wildman–Crippen LogP) is 2.92. The van der Waals surface area contributed by atoms with Gasteiger partial charge in [0, 0.05) is 31.7 Å². The molecule has 0 unspecified atom stereocenters. The summed E-state index contributed by atoms with van der Waals surface area (Å²) >= 11 is 0. The molecule has 0 amide bonds. The van der Waals surface area contributed by atoms with Gasteiger partial charge in [-0.2, -0.15) is 20.1 Å². The van der Waals surface area contributed by atoms with Gasteiger partial charge in [0.1, 0.15) is 5.75 Å². The van der Waals surface area contributed by atoms with Crippen LogP contribution in [0.4, 0.5) is 17.8 Å². The topological polar surface area (TPSA) is 78.8 Å². The molecule has 0 bridgehead atoms. The van der Waals surface area contributed by atoms with Gasteiger partial charge in [0.25, 0.3) is 0 Å². The average molecular weight is 381 g/mol. The zero-order valence-corrected chi connectivity index (χ0v) is 16.3. The molecule has 2 aliphatic heterocycles. The van der Waals surface area contributed by atoms with Gasteiger partial charge >= 0.3 is 0 Å². The van der Waals surface area contributed by atoms with E-state index < -0.39 is 0 Å². The van der Waals surface area contributed by atoms with E-state index in [0.29, 0.717) is 12.6 Å². The van der Waals surface area contributed by atoms with Crippen LogP contribution in [0, 0.1) is 0 Å². The molecule has 8 heteroatoms. The van der Waals surface area contributed by atoms with E-state index in [1.54, 1.807) is 6.21 Å². The number of ether oxygens (including phenoxy) is 1. The molecule has 2 fully saturated rings. The summed E-state index contributed by atoms with van der Waals surface area (Å²) in [6, 6.07) is 7.82. The zero-order chi connectivity index (χ0) is 19.2. The molecule has 148 valence electrons. The fourth-order valence-corrected chi connectivity index (χ4v) is 3.55. The summed E-state index contributed by atoms with van der Waals surface area (Å²) in [6.45, 7) is 6.56. The third-order valence-corrected chi connectivity index (χ3v) is 4.98. The minimum absolute atomic E-state index is 0.476. The second kappa shape index (κ2) is 8.86. The highest BCUT2D eigenvalue weighted by Crippen LogP contribution is 2.23. The number of hydrazone groups is 1. The molecule has 0 saturated carbocycles. The van der Waals surface area contributed by atoms with Crippen molar-refractivity contribution in [2.75, 3.05) is 48.0 Å². The van der Waals surface area contributed by atoms with Gasteiger partial charge in [-0.1, -0.05) is 12.1 Å². The zero-order valence-electron chi connectivity index (χ0n) is 16.3. The Hall–Kier alpha value is -2.90. The maximum absolute atomic E-state index is 5.64. The highest BCUT2D eigenvalue weighted by molar-refractivity contribution is 5.83. The van der Waals surface area contributed by atoms with Crippen molar-refractivity contribution in [3.63, 3.8) is 0 Å². The van der Waals surface area contributed by atoms with Crippen molar-refractivity contribution in [1.82, 2.24) is 15.0 Å². The van der Waals surface area contributed by atoms with Crippen LogP contribution in [0.2, 0.25) is 0 Å². The summed E-state index contributed by atoms with van der Waals surface area (Å²) < 4.78 is 5.64. The van der Waals surface area contributed by atoms with Crippen molar-refractivity contribution >= 4 is 24.1 Å². The molecular formula is C20H27N7O. The Morgan fingerprint density at radius 3 is 2.18 bits per heavy atom. The van der Waals surface area contributed by atoms with Gasteiger partial charge in [-0.05, 0) is 44.7 Å². The molecular weight excluding hydrogens is 354 g/mol. The lowest BCUT2D eigenvalue weighted by Crippen LogP contribution is -2.25. The Morgan fingerprint density at radius 1 is 0.964 bits per heavy atom. The normalized spacial score (nSPS) is 16.9. The van der Waals surface area contributed by atoms with E-state index in [1.807, 2.05) is 31.2 Å². The lowest BCUT2D eigenvalue weighted by molar-refractivity contribution is 0.340. The monoisotopic (exact) mass is 381 g/mol. The van der Waals surface area contributed by atoms with Crippen LogP contribution in [0.3, 0.4) is 0 Å². The maximum Gasteiger partial charge on any atom is 0.250 e. The van der Waals surface area contributed by atoms with Crippen molar-refractivity contribution in [3.05, 3.63) is 29.8 Å². The second-order valence-electron chi connectivity index (χ2n) is 6.99. The number of aromatic nitrogens is 3. The van der Waals surface area contributed by atoms with Crippen LogP contribution in [-0.4, -0.2) is 54.0 Å². The summed E-state index contributed by atoms with van der Waals surface area (Å²) in [5.74, 6) is 2.76. The Bertz CT molecular complexity index is 780. The van der Waals surface area contributed by atoms with E-state index in [-0.39, 0.29) is 0 Å². The van der Waals surface area contributed by atoms with Gasteiger partial charge in [0.15, 0.2) is 0 Å². The molecule has 8 nitrogen and oxygen atoms in total. The van der Waals surface area contributed by atoms with E-state index >= 15 is 0 Å². The van der Waals surface area contributed by atoms with Crippen molar-refractivity contribution in [2.45, 2.75) is 32.6 Å². The standard InChI is InChI=1S/C20H27N7O/c1-2-28-17-10-4-3-9-16(17)15-21-25-18-22-19(26-11-5-6-12-26)24-20(23-18)27-13-7-8-14-27/h3-4,9-10,15H,2,5-8,11-14H2,1H3,(H,22,23,24,25)/b21-15-. The summed E-state index contributed by atoms with van der Waals surface area (Å²) in [6.07, 6.45) is 6.46. The molecule has 0 aliphatic carbocycles. The summed E-state index contributed by atoms with van der Waals surface area (Å²) in [5.41, 5.74) is 3.90. The average Bonchev–Trinajstić information content (AvgIpc) is 3.44. The molecule has 3 heterocycles. The van der Waals surface area contributed by atoms with Crippen LogP contribution in [0.5, 0.6) is 5.75 Å². The largest absolute Gasteiger partial charge is 0.493 e. The number of anilines is 3. The van der Waals surface area contributed by atoms with Crippen LogP contribution in [0.25, 0.3) is 0 Å². The molecule has 2 aromatic rings. The first kappa shape index (κ1) is 18.5. The number of benzene rings is 1. The maximum atomic E-state index is 5.64. The SMILES string of the molecule is CCOc1ccccc1/C=N\Nc1nc(N2CCCC2)nc(N2CCCC2)n1. The van der Waals surface area contributed by atoms with Gasteiger partial charge in [-0.25, -0.2) is 5.43 Å². The molecule has 0 radical (unpaired) electrons. The van der Waals surface area contributed by atoms with Crippen LogP contribution in [0.1, 0.15) is 38.2 Å². The molecule has 2 saturated heterocycles. The van der Waals surface area contributed by atoms with E-state index in [9.17, 15) is 0 Å². The van der Waals surface area contributed by atoms with Gasteiger partial charge in [0.05, 0.1) is 12.8 Å². The van der Waals surface area contributed by atoms with E-state index in [2.05, 4.69) is 30.3 Å². The van der Waals surface area contributed by atoms with Crippen LogP contribution in [0.15, 0.2) is 29.4 Å². The summed E-state index contributed by atoms with van der Waals surface area (Å²) in [7, 11) is 0. The highest BCUT2D eigenvalue weighted by Gasteiger charge is 2.21. The molecule has 2 aliphatic rings. The number of rotatable bonds is 7. The van der Waals surface area contributed by atoms with E-state index in [0.717, 1.165) is 49.4 Å². The fourth-order valence-electron chi connectivity index (χ4n) is 3.55. The lowest BCUT2D eigenvalue weighted by atomic mass is 10.2. The number of hydrogen-bond acceptors (Lipinski definition) is 8. The van der Waals surface area contributed by atoms with Gasteiger partial charge in [-0.15, -0.1) is 0 Å². The first-order valence-electron chi connectivity index (χ1n) is 10.1. The van der Waals surface area contributed by atoms with Gasteiger partial charge in [0.2, 0.25) is 17.8 Å². The Balaban J connectivity index is 1.54. The highest BCUT2D eigenvalue weighted by atomic mass is 16.5. The number of para-hydroxylation sites is 1. The van der Waals surface area contributed by atoms with Gasteiger partial charge in [-0.3, -0.25) is 0 Å². The molecule has 28 heavy (non-hydrogen) atoms. The minimum atomic E-state index is 0.476. The van der Waals surface area contributed by atoms with Crippen molar-refractivity contribution < 1.29 is 4.74 Å². The lowest BCUT2D eigenvalue weighted by Gasteiger charge is -2.20. The summed E-state index contributed by atoms with van der Waals surface area (Å²) in [4.78, 5) is 18.4. The first-order valence-corrected chi connectivity index (χ1v) is 10.1. The Labute approximate surface area is 165 Å². The number of nitrogens with zero attached hydrogens (tertiary/aromatic N) is 6. The molecule has 1 aromatic carbocycles. The van der Waals surface area contributed by atoms with Crippen molar-refractivity contribution in [1.29, 1.82) is 0 Å². The number of hydrogen-bond donors (Lipinski definition) is 1. The van der Waals surface area contributed by atoms with Crippen molar-refractivity contribution in [2.24, 2.45) is 5.10 Å². The molecule has 0 spiro atoms. The smallest absolute Gasteiger partial charge is 0.250 e. The van der Waals surface area contributed by atoms with E-state index in [4.69, 9.17) is 9.72 Å². The van der Waals surface area contributed by atoms with Crippen LogP contribution in [-0.2, 0) is 0 Å². The third-order valence-electron chi connectivity index (χ3n) is 4.98. The van der Waals surface area contributed by atoms with Crippen LogP contribution < -0.4 is 20.0 Å². The molecule has 1 N–H and O–H groups in total. The fraction of sp³-hybridized carbons (Fsp3) is 0.500. The Morgan fingerprint density at radius 2 is 1.57 bits per heavy atom. The van der Waals surface area contributed by atoms with Crippen LogP contribution >= 0.6 is 0 Å². The second-order valence-corrected chi connectivity index (χ2v) is 6.99. The number of nitrogens with one attached hydrogen (secondary N) is 1. The van der Waals surface area contributed by atoms with Gasteiger partial charge < -0.3 is 14.5 Å². The molecule has 1 aromatic heterocycles. The summed E-state index contributed by atoms with van der Waals surface area (Å²) in [5, 5.41) is 4.35. The van der Waals surface area contributed by atoms with E-state index in [1.165, 1.54) is 25.7 Å². The minimum Gasteiger partial charge on any atom is -0.493 e. The van der Waals surface area contributed by atoms with Crippen molar-refractivity contribution in [3.8, 4) is 5.75 Å². The molecule has 4 rings (SSSR count). The quantitative estimate of drug-likeness (QED) is 0.583. The Kier molecular flexibility index (Phi) is 5.84. The third kappa shape index (κ3) is 4.32. The molecule has 0 atom stereocenters. The predicted molar refractivity (Wildman–Crippen MR) is 112 cm³/mol. The first-order chi connectivity index (χ1) is 13.8.